The lowest BCUT2D eigenvalue weighted by molar-refractivity contribution is -0.126. The van der Waals surface area contributed by atoms with Gasteiger partial charge in [0.25, 0.3) is 0 Å². The summed E-state index contributed by atoms with van der Waals surface area (Å²) >= 11 is 0. The first kappa shape index (κ1) is 20.9. The van der Waals surface area contributed by atoms with Crippen LogP contribution in [0.25, 0.3) is 10.8 Å². The van der Waals surface area contributed by atoms with Gasteiger partial charge in [0.05, 0.1) is 0 Å². The van der Waals surface area contributed by atoms with Gasteiger partial charge in [-0.25, -0.2) is 4.79 Å². The SMILES string of the molecule is NC(=O)[C@@H](Cc1ccc2ccccc2c1)NC(=O)CNC(=O)OCc1ccccc1. The van der Waals surface area contributed by atoms with Crippen LogP contribution >= 0.6 is 0 Å². The molecule has 0 heterocycles. The molecule has 3 aromatic rings. The molecule has 154 valence electrons. The second-order valence-corrected chi connectivity index (χ2v) is 6.82. The van der Waals surface area contributed by atoms with Crippen molar-refractivity contribution >= 4 is 28.7 Å². The molecule has 0 saturated heterocycles. The van der Waals surface area contributed by atoms with Gasteiger partial charge in [0.2, 0.25) is 11.8 Å². The zero-order valence-corrected chi connectivity index (χ0v) is 16.3. The fourth-order valence-corrected chi connectivity index (χ4v) is 3.00. The lowest BCUT2D eigenvalue weighted by Crippen LogP contribution is -2.49. The minimum Gasteiger partial charge on any atom is -0.445 e. The second-order valence-electron chi connectivity index (χ2n) is 6.82. The Balaban J connectivity index is 1.49. The Morgan fingerprint density at radius 2 is 1.57 bits per heavy atom. The highest BCUT2D eigenvalue weighted by atomic mass is 16.5. The topological polar surface area (TPSA) is 111 Å². The van der Waals surface area contributed by atoms with Crippen molar-refractivity contribution in [3.63, 3.8) is 0 Å². The molecule has 0 spiro atoms. The minimum absolute atomic E-state index is 0.0974. The van der Waals surface area contributed by atoms with Gasteiger partial charge in [-0.2, -0.15) is 0 Å². The standard InChI is InChI=1S/C23H23N3O4/c24-22(28)20(13-17-10-11-18-8-4-5-9-19(18)12-17)26-21(27)14-25-23(29)30-15-16-6-2-1-3-7-16/h1-12,20H,13-15H2,(H2,24,28)(H,25,29)(H,26,27)/t20-/m1/s1. The Labute approximate surface area is 174 Å². The van der Waals surface area contributed by atoms with E-state index in [0.717, 1.165) is 21.9 Å². The van der Waals surface area contributed by atoms with Crippen molar-refractivity contribution < 1.29 is 19.1 Å². The van der Waals surface area contributed by atoms with E-state index in [1.54, 1.807) is 0 Å². The molecular formula is C23H23N3O4. The van der Waals surface area contributed by atoms with Crippen molar-refractivity contribution in [2.24, 2.45) is 5.73 Å². The highest BCUT2D eigenvalue weighted by Crippen LogP contribution is 2.16. The summed E-state index contributed by atoms with van der Waals surface area (Å²) in [4.78, 5) is 35.7. The predicted octanol–water partition coefficient (Wildman–Crippen LogP) is 2.28. The number of carbonyl (C=O) groups excluding carboxylic acids is 3. The molecule has 0 aliphatic heterocycles. The fourth-order valence-electron chi connectivity index (χ4n) is 3.00. The van der Waals surface area contributed by atoms with E-state index in [4.69, 9.17) is 10.5 Å². The highest BCUT2D eigenvalue weighted by molar-refractivity contribution is 5.89. The van der Waals surface area contributed by atoms with E-state index in [9.17, 15) is 14.4 Å². The molecule has 0 bridgehead atoms. The van der Waals surface area contributed by atoms with E-state index >= 15 is 0 Å². The number of benzene rings is 3. The van der Waals surface area contributed by atoms with Crippen molar-refractivity contribution in [1.29, 1.82) is 0 Å². The van der Waals surface area contributed by atoms with E-state index < -0.39 is 23.9 Å². The average Bonchev–Trinajstić information content (AvgIpc) is 2.76. The van der Waals surface area contributed by atoms with Crippen molar-refractivity contribution in [3.8, 4) is 0 Å². The molecule has 0 aliphatic rings. The molecule has 0 fully saturated rings. The summed E-state index contributed by atoms with van der Waals surface area (Å²) in [7, 11) is 0. The third kappa shape index (κ3) is 6.07. The predicted molar refractivity (Wildman–Crippen MR) is 113 cm³/mol. The summed E-state index contributed by atoms with van der Waals surface area (Å²) in [6.45, 7) is -0.227. The second kappa shape index (κ2) is 10.1. The fraction of sp³-hybridized carbons (Fsp3) is 0.174. The van der Waals surface area contributed by atoms with Crippen LogP contribution in [0, 0.1) is 0 Å². The zero-order chi connectivity index (χ0) is 21.3. The molecular weight excluding hydrogens is 382 g/mol. The van der Waals surface area contributed by atoms with Crippen LogP contribution < -0.4 is 16.4 Å². The number of alkyl carbamates (subject to hydrolysis) is 1. The zero-order valence-electron chi connectivity index (χ0n) is 16.3. The van der Waals surface area contributed by atoms with Gasteiger partial charge in [-0.3, -0.25) is 9.59 Å². The van der Waals surface area contributed by atoms with Crippen LogP contribution in [-0.4, -0.2) is 30.5 Å². The van der Waals surface area contributed by atoms with Crippen molar-refractivity contribution in [3.05, 3.63) is 83.9 Å². The van der Waals surface area contributed by atoms with Gasteiger partial charge < -0.3 is 21.1 Å². The molecule has 1 atom stereocenters. The van der Waals surface area contributed by atoms with Crippen LogP contribution in [0.4, 0.5) is 4.79 Å². The number of nitrogens with two attached hydrogens (primary N) is 1. The Kier molecular flexibility index (Phi) is 7.00. The van der Waals surface area contributed by atoms with Crippen LogP contribution in [-0.2, 0) is 27.4 Å². The first-order valence-electron chi connectivity index (χ1n) is 9.52. The number of hydrogen-bond acceptors (Lipinski definition) is 4. The van der Waals surface area contributed by atoms with E-state index in [1.165, 1.54) is 0 Å². The summed E-state index contributed by atoms with van der Waals surface area (Å²) < 4.78 is 5.05. The highest BCUT2D eigenvalue weighted by Gasteiger charge is 2.19. The van der Waals surface area contributed by atoms with Gasteiger partial charge in [-0.15, -0.1) is 0 Å². The minimum atomic E-state index is -0.888. The smallest absolute Gasteiger partial charge is 0.407 e. The molecule has 0 unspecified atom stereocenters. The Morgan fingerprint density at radius 1 is 0.867 bits per heavy atom. The number of hydrogen-bond donors (Lipinski definition) is 3. The maximum Gasteiger partial charge on any atom is 0.407 e. The largest absolute Gasteiger partial charge is 0.445 e. The van der Waals surface area contributed by atoms with Crippen molar-refractivity contribution in [2.75, 3.05) is 6.54 Å². The van der Waals surface area contributed by atoms with E-state index in [1.807, 2.05) is 72.8 Å². The number of ether oxygens (including phenoxy) is 1. The monoisotopic (exact) mass is 405 g/mol. The number of nitrogens with one attached hydrogen (secondary N) is 2. The van der Waals surface area contributed by atoms with Gasteiger partial charge in [-0.05, 0) is 21.9 Å². The summed E-state index contributed by atoms with van der Waals surface area (Å²) in [5, 5.41) is 7.04. The summed E-state index contributed by atoms with van der Waals surface area (Å²) in [6, 6.07) is 21.9. The average molecular weight is 405 g/mol. The molecule has 30 heavy (non-hydrogen) atoms. The van der Waals surface area contributed by atoms with Crippen LogP contribution in [0.1, 0.15) is 11.1 Å². The van der Waals surface area contributed by atoms with E-state index in [2.05, 4.69) is 10.6 Å². The normalized spacial score (nSPS) is 11.5. The number of amides is 3. The third-order valence-electron chi connectivity index (χ3n) is 4.54. The quantitative estimate of drug-likeness (QED) is 0.534. The van der Waals surface area contributed by atoms with E-state index in [0.29, 0.717) is 0 Å². The molecule has 3 amide bonds. The number of fused-ring (bicyclic) bond motifs is 1. The Bertz CT molecular complexity index is 1040. The number of primary amides is 1. The molecule has 3 aromatic carbocycles. The number of carbonyl (C=O) groups is 3. The summed E-state index contributed by atoms with van der Waals surface area (Å²) in [6.07, 6.45) is -0.469. The molecule has 0 radical (unpaired) electrons. The molecule has 0 aliphatic carbocycles. The van der Waals surface area contributed by atoms with Crippen molar-refractivity contribution in [2.45, 2.75) is 19.1 Å². The van der Waals surface area contributed by atoms with Gasteiger partial charge in [0.1, 0.15) is 19.2 Å². The maximum atomic E-state index is 12.2. The van der Waals surface area contributed by atoms with Crippen LogP contribution in [0.15, 0.2) is 72.8 Å². The lowest BCUT2D eigenvalue weighted by atomic mass is 10.0. The molecule has 4 N–H and O–H groups in total. The van der Waals surface area contributed by atoms with Gasteiger partial charge >= 0.3 is 6.09 Å². The number of rotatable bonds is 8. The maximum absolute atomic E-state index is 12.2. The van der Waals surface area contributed by atoms with Gasteiger partial charge in [0.15, 0.2) is 0 Å². The Morgan fingerprint density at radius 3 is 2.30 bits per heavy atom. The summed E-state index contributed by atoms with van der Waals surface area (Å²) in [5.74, 6) is -1.18. The van der Waals surface area contributed by atoms with Gasteiger partial charge in [-0.1, -0.05) is 72.8 Å². The van der Waals surface area contributed by atoms with Gasteiger partial charge in [0, 0.05) is 6.42 Å². The summed E-state index contributed by atoms with van der Waals surface area (Å²) in [5.41, 5.74) is 7.15. The van der Waals surface area contributed by atoms with Crippen LogP contribution in [0.5, 0.6) is 0 Å². The molecule has 7 nitrogen and oxygen atoms in total. The van der Waals surface area contributed by atoms with Crippen LogP contribution in [0.3, 0.4) is 0 Å². The molecule has 0 saturated carbocycles. The molecule has 0 aromatic heterocycles. The van der Waals surface area contributed by atoms with Crippen molar-refractivity contribution in [1.82, 2.24) is 10.6 Å². The molecule has 7 heteroatoms. The first-order valence-corrected chi connectivity index (χ1v) is 9.52. The Hall–Kier alpha value is -3.87. The van der Waals surface area contributed by atoms with E-state index in [-0.39, 0.29) is 19.6 Å². The third-order valence-corrected chi connectivity index (χ3v) is 4.54. The first-order chi connectivity index (χ1) is 14.5. The van der Waals surface area contributed by atoms with Crippen LogP contribution in [0.2, 0.25) is 0 Å². The molecule has 3 rings (SSSR count). The lowest BCUT2D eigenvalue weighted by Gasteiger charge is -2.16.